The van der Waals surface area contributed by atoms with Gasteiger partial charge in [0.05, 0.1) is 0 Å². The highest BCUT2D eigenvalue weighted by Crippen LogP contribution is 2.29. The lowest BCUT2D eigenvalue weighted by atomic mass is 9.92. The van der Waals surface area contributed by atoms with Gasteiger partial charge in [-0.1, -0.05) is 31.0 Å². The fourth-order valence-electron chi connectivity index (χ4n) is 4.22. The van der Waals surface area contributed by atoms with Gasteiger partial charge >= 0.3 is 0 Å². The molecule has 1 heterocycles. The number of hydrogen-bond acceptors (Lipinski definition) is 3. The summed E-state index contributed by atoms with van der Waals surface area (Å²) in [6.07, 6.45) is 5.54. The smallest absolute Gasteiger partial charge is 0.245 e. The van der Waals surface area contributed by atoms with Crippen LogP contribution in [0.1, 0.15) is 45.4 Å². The molecule has 1 aromatic rings. The van der Waals surface area contributed by atoms with Crippen molar-refractivity contribution < 1.29 is 14.4 Å². The molecule has 1 saturated carbocycles. The van der Waals surface area contributed by atoms with E-state index in [1.54, 1.807) is 0 Å². The maximum absolute atomic E-state index is 13.0. The lowest BCUT2D eigenvalue weighted by Gasteiger charge is -2.35. The number of nitrogens with one attached hydrogen (secondary N) is 2. The van der Waals surface area contributed by atoms with E-state index in [4.69, 9.17) is 0 Å². The molecule has 1 saturated heterocycles. The number of anilines is 1. The van der Waals surface area contributed by atoms with E-state index in [2.05, 4.69) is 10.6 Å². The van der Waals surface area contributed by atoms with Gasteiger partial charge in [0, 0.05) is 31.6 Å². The Morgan fingerprint density at radius 2 is 1.63 bits per heavy atom. The fourth-order valence-corrected chi connectivity index (χ4v) is 4.22. The van der Waals surface area contributed by atoms with Gasteiger partial charge in [-0.2, -0.15) is 0 Å². The largest absolute Gasteiger partial charge is 0.344 e. The summed E-state index contributed by atoms with van der Waals surface area (Å²) in [7, 11) is 0. The zero-order valence-corrected chi connectivity index (χ0v) is 15.9. The number of nitrogens with zero attached hydrogens (tertiary/aromatic N) is 1. The van der Waals surface area contributed by atoms with Gasteiger partial charge in [0.25, 0.3) is 0 Å². The van der Waals surface area contributed by atoms with Gasteiger partial charge in [0.15, 0.2) is 0 Å². The van der Waals surface area contributed by atoms with Crippen LogP contribution in [0.15, 0.2) is 30.3 Å². The lowest BCUT2D eigenvalue weighted by Crippen LogP contribution is -2.53. The summed E-state index contributed by atoms with van der Waals surface area (Å²) in [5.41, 5.74) is 0.799. The molecule has 2 N–H and O–H groups in total. The molecule has 146 valence electrons. The van der Waals surface area contributed by atoms with Crippen LogP contribution in [0, 0.1) is 11.8 Å². The summed E-state index contributed by atoms with van der Waals surface area (Å²) >= 11 is 0. The van der Waals surface area contributed by atoms with Crippen LogP contribution in [0.25, 0.3) is 0 Å². The molecule has 3 rings (SSSR count). The third-order valence-electron chi connectivity index (χ3n) is 5.71. The number of amides is 3. The van der Waals surface area contributed by atoms with E-state index in [1.807, 2.05) is 35.2 Å². The Morgan fingerprint density at radius 1 is 1.00 bits per heavy atom. The molecule has 1 atom stereocenters. The Balaban J connectivity index is 1.54. The lowest BCUT2D eigenvalue weighted by molar-refractivity contribution is -0.139. The molecule has 27 heavy (non-hydrogen) atoms. The Labute approximate surface area is 160 Å². The summed E-state index contributed by atoms with van der Waals surface area (Å²) in [6.45, 7) is 2.60. The van der Waals surface area contributed by atoms with Crippen LogP contribution < -0.4 is 10.6 Å². The first-order chi connectivity index (χ1) is 13.0. The van der Waals surface area contributed by atoms with Crippen LogP contribution in [0.4, 0.5) is 5.69 Å². The number of likely N-dealkylation sites (tertiary alicyclic amines) is 1. The average Bonchev–Trinajstić information content (AvgIpc) is 3.21. The van der Waals surface area contributed by atoms with Crippen LogP contribution in [0.2, 0.25) is 0 Å². The van der Waals surface area contributed by atoms with Crippen molar-refractivity contribution in [1.82, 2.24) is 10.2 Å². The molecule has 0 radical (unpaired) electrons. The molecule has 2 fully saturated rings. The maximum atomic E-state index is 13.0. The molecule has 0 aromatic heterocycles. The van der Waals surface area contributed by atoms with Gasteiger partial charge in [-0.15, -0.1) is 0 Å². The molecule has 1 aliphatic carbocycles. The fraction of sp³-hybridized carbons (Fsp3) is 0.571. The molecule has 2 aliphatic rings. The van der Waals surface area contributed by atoms with Crippen LogP contribution >= 0.6 is 0 Å². The summed E-state index contributed by atoms with van der Waals surface area (Å²) in [5.74, 6) is 0.0272. The molecule has 0 bridgehead atoms. The van der Waals surface area contributed by atoms with Crippen molar-refractivity contribution in [2.45, 2.75) is 51.5 Å². The van der Waals surface area contributed by atoms with Gasteiger partial charge in [-0.3, -0.25) is 14.4 Å². The summed E-state index contributed by atoms with van der Waals surface area (Å²) in [4.78, 5) is 38.9. The second-order valence-corrected chi connectivity index (χ2v) is 7.68. The van der Waals surface area contributed by atoms with Crippen molar-refractivity contribution in [1.29, 1.82) is 0 Å². The van der Waals surface area contributed by atoms with E-state index >= 15 is 0 Å². The molecule has 6 heteroatoms. The van der Waals surface area contributed by atoms with Crippen LogP contribution in [0.5, 0.6) is 0 Å². The molecular weight excluding hydrogens is 342 g/mol. The van der Waals surface area contributed by atoms with E-state index in [9.17, 15) is 14.4 Å². The maximum Gasteiger partial charge on any atom is 0.245 e. The van der Waals surface area contributed by atoms with Crippen molar-refractivity contribution in [3.05, 3.63) is 30.3 Å². The Morgan fingerprint density at radius 3 is 2.22 bits per heavy atom. The molecule has 1 aromatic carbocycles. The quantitative estimate of drug-likeness (QED) is 0.835. The number of para-hydroxylation sites is 1. The zero-order chi connectivity index (χ0) is 19.2. The van der Waals surface area contributed by atoms with Crippen molar-refractivity contribution in [3.63, 3.8) is 0 Å². The third-order valence-corrected chi connectivity index (χ3v) is 5.71. The molecule has 6 nitrogen and oxygen atoms in total. The van der Waals surface area contributed by atoms with Crippen LogP contribution in [-0.2, 0) is 14.4 Å². The third kappa shape index (κ3) is 5.08. The zero-order valence-electron chi connectivity index (χ0n) is 15.9. The van der Waals surface area contributed by atoms with E-state index < -0.39 is 6.04 Å². The molecule has 3 amide bonds. The van der Waals surface area contributed by atoms with Crippen LogP contribution in [0.3, 0.4) is 0 Å². The first-order valence-electron chi connectivity index (χ1n) is 9.96. The number of benzene rings is 1. The molecule has 1 aliphatic heterocycles. The summed E-state index contributed by atoms with van der Waals surface area (Å²) < 4.78 is 0. The number of carbonyl (C=O) groups is 3. The van der Waals surface area contributed by atoms with Gasteiger partial charge in [0.1, 0.15) is 6.04 Å². The summed E-state index contributed by atoms with van der Waals surface area (Å²) in [6, 6.07) is 9.02. The highest BCUT2D eigenvalue weighted by molar-refractivity contribution is 5.93. The van der Waals surface area contributed by atoms with Gasteiger partial charge in [-0.25, -0.2) is 0 Å². The van der Waals surface area contributed by atoms with Crippen LogP contribution in [-0.4, -0.2) is 41.8 Å². The monoisotopic (exact) mass is 371 g/mol. The molecule has 0 spiro atoms. The second-order valence-electron chi connectivity index (χ2n) is 7.68. The van der Waals surface area contributed by atoms with Gasteiger partial charge in [0.2, 0.25) is 17.7 Å². The predicted molar refractivity (Wildman–Crippen MR) is 104 cm³/mol. The van der Waals surface area contributed by atoms with E-state index in [-0.39, 0.29) is 29.6 Å². The van der Waals surface area contributed by atoms with Gasteiger partial charge < -0.3 is 15.5 Å². The highest BCUT2D eigenvalue weighted by atomic mass is 16.2. The first-order valence-corrected chi connectivity index (χ1v) is 9.96. The second kappa shape index (κ2) is 9.02. The number of carbonyl (C=O) groups excluding carboxylic acids is 3. The number of rotatable bonds is 5. The summed E-state index contributed by atoms with van der Waals surface area (Å²) in [5, 5.41) is 5.83. The Kier molecular flexibility index (Phi) is 6.48. The first kappa shape index (κ1) is 19.4. The predicted octanol–water partition coefficient (Wildman–Crippen LogP) is 2.56. The van der Waals surface area contributed by atoms with Crippen molar-refractivity contribution in [2.75, 3.05) is 18.4 Å². The Bertz CT molecular complexity index is 663. The average molecular weight is 371 g/mol. The topological polar surface area (TPSA) is 78.5 Å². The highest BCUT2D eigenvalue weighted by Gasteiger charge is 2.36. The van der Waals surface area contributed by atoms with Gasteiger partial charge in [-0.05, 0) is 43.7 Å². The number of hydrogen-bond donors (Lipinski definition) is 2. The minimum Gasteiger partial charge on any atom is -0.344 e. The Hall–Kier alpha value is -2.37. The van der Waals surface area contributed by atoms with Crippen molar-refractivity contribution >= 4 is 23.4 Å². The molecule has 1 unspecified atom stereocenters. The number of piperidine rings is 1. The van der Waals surface area contributed by atoms with Crippen molar-refractivity contribution in [3.8, 4) is 0 Å². The molecular formula is C21H29N3O3. The van der Waals surface area contributed by atoms with E-state index in [0.29, 0.717) is 25.9 Å². The van der Waals surface area contributed by atoms with E-state index in [0.717, 1.165) is 31.4 Å². The van der Waals surface area contributed by atoms with Crippen molar-refractivity contribution in [2.24, 2.45) is 11.8 Å². The minimum absolute atomic E-state index is 0.0130. The minimum atomic E-state index is -0.417. The SMILES string of the molecule is CC(=O)NC(C(=O)N1CCC(C(=O)Nc2ccccc2)CC1)C1CCCC1. The normalized spacial score (nSPS) is 19.5. The standard InChI is InChI=1S/C21H29N3O3/c1-15(25)22-19(16-7-5-6-8-16)21(27)24-13-11-17(12-14-24)20(26)23-18-9-3-2-4-10-18/h2-4,9-10,16-17,19H,5-8,11-14H2,1H3,(H,22,25)(H,23,26). The van der Waals surface area contributed by atoms with E-state index in [1.165, 1.54) is 6.92 Å².